The van der Waals surface area contributed by atoms with Crippen molar-refractivity contribution in [2.75, 3.05) is 33.1 Å². The molecule has 0 unspecified atom stereocenters. The van der Waals surface area contributed by atoms with Gasteiger partial charge in [-0.2, -0.15) is 0 Å². The Bertz CT molecular complexity index is 953. The molecular formula is C23H31N3O4S. The predicted octanol–water partition coefficient (Wildman–Crippen LogP) is 3.37. The maximum atomic E-state index is 13.0. The zero-order chi connectivity index (χ0) is 22.0. The van der Waals surface area contributed by atoms with E-state index >= 15 is 0 Å². The Morgan fingerprint density at radius 3 is 2.65 bits per heavy atom. The molecule has 31 heavy (non-hydrogen) atoms. The van der Waals surface area contributed by atoms with Gasteiger partial charge in [0.1, 0.15) is 0 Å². The Balaban J connectivity index is 1.41. The van der Waals surface area contributed by atoms with Crippen LogP contribution in [-0.4, -0.2) is 59.6 Å². The van der Waals surface area contributed by atoms with Crippen molar-refractivity contribution in [1.29, 1.82) is 0 Å². The Kier molecular flexibility index (Phi) is 6.77. The zero-order valence-corrected chi connectivity index (χ0v) is 19.6. The van der Waals surface area contributed by atoms with Crippen LogP contribution in [0.25, 0.3) is 0 Å². The number of hydrogen-bond acceptors (Lipinski definition) is 6. The lowest BCUT2D eigenvalue weighted by molar-refractivity contribution is -0.129. The number of carbonyl (C=O) groups excluding carboxylic acids is 1. The number of nitrogens with zero attached hydrogens (tertiary/aromatic N) is 3. The van der Waals surface area contributed by atoms with Gasteiger partial charge in [0.05, 0.1) is 38.3 Å². The molecule has 168 valence electrons. The van der Waals surface area contributed by atoms with Gasteiger partial charge in [-0.1, -0.05) is 11.8 Å². The smallest absolute Gasteiger partial charge is 0.233 e. The minimum absolute atomic E-state index is 0.132. The van der Waals surface area contributed by atoms with Crippen molar-refractivity contribution in [1.82, 2.24) is 14.5 Å². The van der Waals surface area contributed by atoms with Gasteiger partial charge in [-0.05, 0) is 56.4 Å². The van der Waals surface area contributed by atoms with E-state index in [0.29, 0.717) is 24.6 Å². The van der Waals surface area contributed by atoms with Crippen molar-refractivity contribution in [2.45, 2.75) is 57.5 Å². The van der Waals surface area contributed by atoms with Gasteiger partial charge in [0.25, 0.3) is 0 Å². The summed E-state index contributed by atoms with van der Waals surface area (Å²) in [5, 5.41) is 0.905. The van der Waals surface area contributed by atoms with Crippen molar-refractivity contribution >= 4 is 17.7 Å². The van der Waals surface area contributed by atoms with Gasteiger partial charge in [-0.3, -0.25) is 4.79 Å². The number of imidazole rings is 1. The van der Waals surface area contributed by atoms with Crippen molar-refractivity contribution in [3.05, 3.63) is 34.6 Å². The number of hydrogen-bond donors (Lipinski definition) is 0. The van der Waals surface area contributed by atoms with Crippen LogP contribution in [0.15, 0.2) is 17.3 Å². The molecule has 2 aliphatic rings. The molecule has 1 amide bonds. The second kappa shape index (κ2) is 9.53. The van der Waals surface area contributed by atoms with Crippen LogP contribution in [0.5, 0.6) is 11.5 Å². The molecule has 1 fully saturated rings. The summed E-state index contributed by atoms with van der Waals surface area (Å²) in [5.41, 5.74) is 4.50. The molecule has 1 atom stereocenters. The van der Waals surface area contributed by atoms with Crippen molar-refractivity contribution in [3.8, 4) is 11.5 Å². The van der Waals surface area contributed by atoms with E-state index in [4.69, 9.17) is 19.2 Å². The Labute approximate surface area is 188 Å². The van der Waals surface area contributed by atoms with E-state index in [1.54, 1.807) is 14.2 Å². The number of amides is 1. The van der Waals surface area contributed by atoms with Crippen LogP contribution in [0.1, 0.15) is 35.4 Å². The molecule has 0 aliphatic carbocycles. The molecule has 8 heteroatoms. The molecule has 0 N–H and O–H groups in total. The van der Waals surface area contributed by atoms with Gasteiger partial charge < -0.3 is 23.7 Å². The highest BCUT2D eigenvalue weighted by atomic mass is 32.2. The van der Waals surface area contributed by atoms with Crippen LogP contribution in [0.4, 0.5) is 0 Å². The molecular weight excluding hydrogens is 414 g/mol. The molecule has 0 bridgehead atoms. The first-order valence-electron chi connectivity index (χ1n) is 10.8. The van der Waals surface area contributed by atoms with E-state index in [1.165, 1.54) is 17.3 Å². The minimum Gasteiger partial charge on any atom is -0.493 e. The van der Waals surface area contributed by atoms with Gasteiger partial charge in [0.2, 0.25) is 5.91 Å². The third kappa shape index (κ3) is 4.70. The van der Waals surface area contributed by atoms with Crippen LogP contribution < -0.4 is 9.47 Å². The van der Waals surface area contributed by atoms with Crippen molar-refractivity contribution in [2.24, 2.45) is 0 Å². The van der Waals surface area contributed by atoms with E-state index in [1.807, 2.05) is 24.0 Å². The summed E-state index contributed by atoms with van der Waals surface area (Å²) >= 11 is 1.52. The molecule has 0 saturated carbocycles. The molecule has 1 saturated heterocycles. The summed E-state index contributed by atoms with van der Waals surface area (Å²) in [6.07, 6.45) is 3.26. The molecule has 2 aromatic rings. The SMILES string of the molecule is COc1cc2c(cc1OC)CN(C(=O)CSc1nc(C)c(C)n1C[C@@H]1CCCO1)CC2. The van der Waals surface area contributed by atoms with Gasteiger partial charge in [-0.15, -0.1) is 0 Å². The first-order chi connectivity index (χ1) is 15.0. The summed E-state index contributed by atoms with van der Waals surface area (Å²) in [4.78, 5) is 19.6. The summed E-state index contributed by atoms with van der Waals surface area (Å²) in [7, 11) is 3.28. The number of methoxy groups -OCH3 is 2. The maximum absolute atomic E-state index is 13.0. The van der Waals surface area contributed by atoms with Crippen LogP contribution in [0, 0.1) is 13.8 Å². The fourth-order valence-electron chi connectivity index (χ4n) is 4.25. The van der Waals surface area contributed by atoms with Crippen LogP contribution in [-0.2, 0) is 29.0 Å². The van der Waals surface area contributed by atoms with E-state index in [2.05, 4.69) is 11.5 Å². The van der Waals surface area contributed by atoms with E-state index in [-0.39, 0.29) is 12.0 Å². The predicted molar refractivity (Wildman–Crippen MR) is 120 cm³/mol. The summed E-state index contributed by atoms with van der Waals surface area (Å²) in [6.45, 7) is 7.07. The molecule has 1 aromatic heterocycles. The van der Waals surface area contributed by atoms with E-state index < -0.39 is 0 Å². The lowest BCUT2D eigenvalue weighted by Crippen LogP contribution is -2.37. The minimum atomic E-state index is 0.132. The lowest BCUT2D eigenvalue weighted by atomic mass is 9.99. The van der Waals surface area contributed by atoms with E-state index in [0.717, 1.165) is 60.3 Å². The van der Waals surface area contributed by atoms with Crippen molar-refractivity contribution < 1.29 is 19.0 Å². The van der Waals surface area contributed by atoms with Gasteiger partial charge in [0, 0.05) is 25.4 Å². The highest BCUT2D eigenvalue weighted by molar-refractivity contribution is 7.99. The highest BCUT2D eigenvalue weighted by Crippen LogP contribution is 2.33. The molecule has 0 spiro atoms. The maximum Gasteiger partial charge on any atom is 0.233 e. The monoisotopic (exact) mass is 445 g/mol. The number of fused-ring (bicyclic) bond motifs is 1. The van der Waals surface area contributed by atoms with Crippen LogP contribution in [0.3, 0.4) is 0 Å². The summed E-state index contributed by atoms with van der Waals surface area (Å²) in [6, 6.07) is 4.01. The topological polar surface area (TPSA) is 65.8 Å². The number of aromatic nitrogens is 2. The Morgan fingerprint density at radius 2 is 1.97 bits per heavy atom. The zero-order valence-electron chi connectivity index (χ0n) is 18.8. The Morgan fingerprint density at radius 1 is 1.23 bits per heavy atom. The molecule has 2 aliphatic heterocycles. The normalized spacial score (nSPS) is 18.2. The molecule has 1 aromatic carbocycles. The standard InChI is InChI=1S/C23H31N3O4S/c1-15-16(2)26(13-19-6-5-9-30-19)23(24-15)31-14-22(27)25-8-7-17-10-20(28-3)21(29-4)11-18(17)12-25/h10-11,19H,5-9,12-14H2,1-4H3/t19-/m0/s1. The third-order valence-electron chi connectivity index (χ3n) is 6.23. The molecule has 7 nitrogen and oxygen atoms in total. The third-order valence-corrected chi connectivity index (χ3v) is 7.19. The summed E-state index contributed by atoms with van der Waals surface area (Å²) < 4.78 is 18.9. The van der Waals surface area contributed by atoms with Gasteiger partial charge in [-0.25, -0.2) is 4.98 Å². The fourth-order valence-corrected chi connectivity index (χ4v) is 5.26. The number of benzene rings is 1. The quantitative estimate of drug-likeness (QED) is 0.609. The van der Waals surface area contributed by atoms with Gasteiger partial charge >= 0.3 is 0 Å². The number of rotatable bonds is 7. The molecule has 3 heterocycles. The largest absolute Gasteiger partial charge is 0.493 e. The Hall–Kier alpha value is -2.19. The van der Waals surface area contributed by atoms with Crippen LogP contribution >= 0.6 is 11.8 Å². The number of aryl methyl sites for hydroxylation is 1. The second-order valence-electron chi connectivity index (χ2n) is 8.14. The fraction of sp³-hybridized carbons (Fsp3) is 0.565. The average Bonchev–Trinajstić information content (AvgIpc) is 3.40. The number of thioether (sulfide) groups is 1. The first-order valence-corrected chi connectivity index (χ1v) is 11.8. The lowest BCUT2D eigenvalue weighted by Gasteiger charge is -2.29. The average molecular weight is 446 g/mol. The molecule has 0 radical (unpaired) electrons. The van der Waals surface area contributed by atoms with Crippen LogP contribution in [0.2, 0.25) is 0 Å². The highest BCUT2D eigenvalue weighted by Gasteiger charge is 2.25. The molecule has 4 rings (SSSR count). The number of carbonyl (C=O) groups is 1. The summed E-state index contributed by atoms with van der Waals surface area (Å²) in [5.74, 6) is 1.95. The van der Waals surface area contributed by atoms with Crippen molar-refractivity contribution in [3.63, 3.8) is 0 Å². The second-order valence-corrected chi connectivity index (χ2v) is 9.08. The van der Waals surface area contributed by atoms with E-state index in [9.17, 15) is 4.79 Å². The first kappa shape index (κ1) is 22.0. The number of ether oxygens (including phenoxy) is 3. The van der Waals surface area contributed by atoms with Gasteiger partial charge in [0.15, 0.2) is 16.7 Å².